The van der Waals surface area contributed by atoms with Crippen molar-refractivity contribution in [2.24, 2.45) is 10.7 Å². The van der Waals surface area contributed by atoms with Gasteiger partial charge in [-0.15, -0.1) is 0 Å². The molecule has 1 unspecified atom stereocenters. The van der Waals surface area contributed by atoms with Gasteiger partial charge in [-0.1, -0.05) is 0 Å². The first-order valence-corrected chi connectivity index (χ1v) is 8.67. The van der Waals surface area contributed by atoms with Gasteiger partial charge >= 0.3 is 0 Å². The predicted octanol–water partition coefficient (Wildman–Crippen LogP) is 1.36. The van der Waals surface area contributed by atoms with Gasteiger partial charge in [-0.2, -0.15) is 0 Å². The Kier molecular flexibility index (Phi) is 7.06. The molecule has 1 aliphatic heterocycles. The van der Waals surface area contributed by atoms with Gasteiger partial charge in [0.15, 0.2) is 5.96 Å². The Labute approximate surface area is 149 Å². The molecule has 0 radical (unpaired) electrons. The SMILES string of the molecule is COc1ccc(NC(N)=NCCCN2CCCC2C(=O)N(C)C)cc1. The van der Waals surface area contributed by atoms with E-state index in [4.69, 9.17) is 10.5 Å². The van der Waals surface area contributed by atoms with Crippen LogP contribution in [0.25, 0.3) is 0 Å². The van der Waals surface area contributed by atoms with E-state index in [1.165, 1.54) is 0 Å². The highest BCUT2D eigenvalue weighted by Crippen LogP contribution is 2.19. The van der Waals surface area contributed by atoms with E-state index in [2.05, 4.69) is 15.2 Å². The van der Waals surface area contributed by atoms with Crippen LogP contribution in [0.15, 0.2) is 29.3 Å². The van der Waals surface area contributed by atoms with E-state index in [0.717, 1.165) is 43.8 Å². The van der Waals surface area contributed by atoms with Crippen LogP contribution in [-0.2, 0) is 4.79 Å². The molecule has 0 spiro atoms. The minimum absolute atomic E-state index is 0.0220. The molecule has 7 heteroatoms. The van der Waals surface area contributed by atoms with Gasteiger partial charge in [0.05, 0.1) is 13.2 Å². The van der Waals surface area contributed by atoms with Crippen LogP contribution >= 0.6 is 0 Å². The second-order valence-corrected chi connectivity index (χ2v) is 6.40. The predicted molar refractivity (Wildman–Crippen MR) is 101 cm³/mol. The van der Waals surface area contributed by atoms with Crippen molar-refractivity contribution in [3.8, 4) is 5.75 Å². The Morgan fingerprint density at radius 2 is 2.12 bits per heavy atom. The standard InChI is InChI=1S/C18H29N5O2/c1-22(2)17(24)16-6-4-12-23(16)13-5-11-20-18(19)21-14-7-9-15(25-3)10-8-14/h7-10,16H,4-6,11-13H2,1-3H3,(H3,19,20,21). The van der Waals surface area contributed by atoms with E-state index in [-0.39, 0.29) is 11.9 Å². The summed E-state index contributed by atoms with van der Waals surface area (Å²) in [5.41, 5.74) is 6.79. The monoisotopic (exact) mass is 347 g/mol. The number of nitrogens with one attached hydrogen (secondary N) is 1. The van der Waals surface area contributed by atoms with Crippen molar-refractivity contribution in [1.29, 1.82) is 0 Å². The number of nitrogens with two attached hydrogens (primary N) is 1. The average Bonchev–Trinajstić information content (AvgIpc) is 3.07. The second kappa shape index (κ2) is 9.27. The van der Waals surface area contributed by atoms with Gasteiger partial charge in [0, 0.05) is 32.9 Å². The van der Waals surface area contributed by atoms with Crippen LogP contribution in [-0.4, -0.2) is 68.5 Å². The third-order valence-corrected chi connectivity index (χ3v) is 4.34. The molecule has 1 aromatic rings. The molecule has 0 bridgehead atoms. The molecule has 0 aliphatic carbocycles. The number of carbonyl (C=O) groups is 1. The van der Waals surface area contributed by atoms with Crippen molar-refractivity contribution in [3.63, 3.8) is 0 Å². The smallest absolute Gasteiger partial charge is 0.239 e. The number of amides is 1. The summed E-state index contributed by atoms with van der Waals surface area (Å²) in [7, 11) is 5.26. The number of ether oxygens (including phenoxy) is 1. The van der Waals surface area contributed by atoms with Crippen molar-refractivity contribution < 1.29 is 9.53 Å². The number of rotatable bonds is 7. The molecule has 1 heterocycles. The van der Waals surface area contributed by atoms with Crippen LogP contribution in [0.2, 0.25) is 0 Å². The first kappa shape index (κ1) is 19.1. The number of aliphatic imine (C=N–C) groups is 1. The lowest BCUT2D eigenvalue weighted by Gasteiger charge is -2.25. The van der Waals surface area contributed by atoms with E-state index >= 15 is 0 Å². The Hall–Kier alpha value is -2.28. The van der Waals surface area contributed by atoms with Gasteiger partial charge in [0.25, 0.3) is 0 Å². The lowest BCUT2D eigenvalue weighted by atomic mass is 10.2. The minimum Gasteiger partial charge on any atom is -0.497 e. The summed E-state index contributed by atoms with van der Waals surface area (Å²) in [6, 6.07) is 7.54. The van der Waals surface area contributed by atoms with Crippen molar-refractivity contribution >= 4 is 17.6 Å². The zero-order chi connectivity index (χ0) is 18.2. The molecular formula is C18H29N5O2. The zero-order valence-electron chi connectivity index (χ0n) is 15.4. The summed E-state index contributed by atoms with van der Waals surface area (Å²) >= 11 is 0. The van der Waals surface area contributed by atoms with Crippen molar-refractivity contribution in [2.75, 3.05) is 46.2 Å². The normalized spacial score (nSPS) is 18.2. The van der Waals surface area contributed by atoms with E-state index in [1.807, 2.05) is 38.4 Å². The van der Waals surface area contributed by atoms with Gasteiger partial charge in [0.1, 0.15) is 5.75 Å². The first-order valence-electron chi connectivity index (χ1n) is 8.67. The largest absolute Gasteiger partial charge is 0.497 e. The lowest BCUT2D eigenvalue weighted by Crippen LogP contribution is -2.43. The summed E-state index contributed by atoms with van der Waals surface area (Å²) in [6.45, 7) is 2.48. The topological polar surface area (TPSA) is 83.2 Å². The molecule has 1 amide bonds. The molecule has 1 aromatic carbocycles. The van der Waals surface area contributed by atoms with E-state index in [9.17, 15) is 4.79 Å². The molecule has 1 aliphatic rings. The highest BCUT2D eigenvalue weighted by molar-refractivity contribution is 5.92. The summed E-state index contributed by atoms with van der Waals surface area (Å²) in [5.74, 6) is 1.39. The summed E-state index contributed by atoms with van der Waals surface area (Å²) < 4.78 is 5.12. The fourth-order valence-corrected chi connectivity index (χ4v) is 3.01. The van der Waals surface area contributed by atoms with Gasteiger partial charge in [0.2, 0.25) is 5.91 Å². The second-order valence-electron chi connectivity index (χ2n) is 6.40. The molecule has 1 fully saturated rings. The Balaban J connectivity index is 1.75. The highest BCUT2D eigenvalue weighted by atomic mass is 16.5. The maximum Gasteiger partial charge on any atom is 0.239 e. The fourth-order valence-electron chi connectivity index (χ4n) is 3.01. The number of anilines is 1. The van der Waals surface area contributed by atoms with E-state index < -0.39 is 0 Å². The third-order valence-electron chi connectivity index (χ3n) is 4.34. The fraction of sp³-hybridized carbons (Fsp3) is 0.556. The third kappa shape index (κ3) is 5.63. The summed E-state index contributed by atoms with van der Waals surface area (Å²) in [6.07, 6.45) is 2.90. The van der Waals surface area contributed by atoms with Crippen molar-refractivity contribution in [3.05, 3.63) is 24.3 Å². The number of hydrogen-bond acceptors (Lipinski definition) is 4. The molecule has 2 rings (SSSR count). The molecule has 0 saturated carbocycles. The van der Waals surface area contributed by atoms with Gasteiger partial charge < -0.3 is 20.7 Å². The van der Waals surface area contributed by atoms with Gasteiger partial charge in [-0.25, -0.2) is 0 Å². The highest BCUT2D eigenvalue weighted by Gasteiger charge is 2.30. The summed E-state index contributed by atoms with van der Waals surface area (Å²) in [5, 5.41) is 3.06. The van der Waals surface area contributed by atoms with E-state index in [1.54, 1.807) is 12.0 Å². The van der Waals surface area contributed by atoms with Crippen LogP contribution in [0.3, 0.4) is 0 Å². The minimum atomic E-state index is 0.0220. The van der Waals surface area contributed by atoms with Crippen LogP contribution in [0.4, 0.5) is 5.69 Å². The number of hydrogen-bond donors (Lipinski definition) is 2. The number of nitrogens with zero attached hydrogens (tertiary/aromatic N) is 3. The molecule has 25 heavy (non-hydrogen) atoms. The molecule has 7 nitrogen and oxygen atoms in total. The Bertz CT molecular complexity index is 586. The van der Waals surface area contributed by atoms with Crippen LogP contribution in [0, 0.1) is 0 Å². The average molecular weight is 347 g/mol. The Morgan fingerprint density at radius 3 is 2.76 bits per heavy atom. The molecule has 3 N–H and O–H groups in total. The number of benzene rings is 1. The number of likely N-dealkylation sites (tertiary alicyclic amines) is 1. The molecule has 138 valence electrons. The van der Waals surface area contributed by atoms with Crippen molar-refractivity contribution in [2.45, 2.75) is 25.3 Å². The summed E-state index contributed by atoms with van der Waals surface area (Å²) in [4.78, 5) is 20.5. The van der Waals surface area contributed by atoms with Crippen molar-refractivity contribution in [1.82, 2.24) is 9.80 Å². The Morgan fingerprint density at radius 1 is 1.40 bits per heavy atom. The van der Waals surface area contributed by atoms with Gasteiger partial charge in [-0.05, 0) is 50.1 Å². The number of methoxy groups -OCH3 is 1. The molecule has 1 atom stereocenters. The number of likely N-dealkylation sites (N-methyl/N-ethyl adjacent to an activating group) is 1. The quantitative estimate of drug-likeness (QED) is 0.442. The molecule has 1 saturated heterocycles. The van der Waals surface area contributed by atoms with Crippen LogP contribution in [0.5, 0.6) is 5.75 Å². The maximum atomic E-state index is 12.2. The number of guanidine groups is 1. The van der Waals surface area contributed by atoms with E-state index in [0.29, 0.717) is 12.5 Å². The van der Waals surface area contributed by atoms with Crippen LogP contribution in [0.1, 0.15) is 19.3 Å². The van der Waals surface area contributed by atoms with Gasteiger partial charge in [-0.3, -0.25) is 14.7 Å². The number of carbonyl (C=O) groups excluding carboxylic acids is 1. The van der Waals surface area contributed by atoms with Crippen LogP contribution < -0.4 is 15.8 Å². The molecular weight excluding hydrogens is 318 g/mol. The maximum absolute atomic E-state index is 12.2. The first-order chi connectivity index (χ1) is 12.0. The lowest BCUT2D eigenvalue weighted by molar-refractivity contribution is -0.133. The molecule has 0 aromatic heterocycles. The zero-order valence-corrected chi connectivity index (χ0v) is 15.4.